The van der Waals surface area contributed by atoms with Crippen LogP contribution in [0.2, 0.25) is 0 Å². The number of hydrazone groups is 1. The number of guanidine groups is 1. The van der Waals surface area contributed by atoms with Gasteiger partial charge in [-0.1, -0.05) is 6.92 Å². The van der Waals surface area contributed by atoms with E-state index in [0.29, 0.717) is 5.96 Å². The van der Waals surface area contributed by atoms with E-state index in [1.807, 2.05) is 20.2 Å². The number of nitrogens with one attached hydrogen (secondary N) is 1. The smallest absolute Gasteiger partial charge is 0.214 e. The van der Waals surface area contributed by atoms with E-state index in [-0.39, 0.29) is 0 Å². The van der Waals surface area contributed by atoms with Crippen LogP contribution in [0.15, 0.2) is 5.10 Å². The summed E-state index contributed by atoms with van der Waals surface area (Å²) in [6, 6.07) is 0. The molecule has 0 amide bonds. The zero-order valence-electron chi connectivity index (χ0n) is 9.90. The van der Waals surface area contributed by atoms with Crippen molar-refractivity contribution in [2.45, 2.75) is 13.3 Å². The summed E-state index contributed by atoms with van der Waals surface area (Å²) in [5.41, 5.74) is 0. The molecule has 0 aromatic heterocycles. The maximum Gasteiger partial charge on any atom is 0.214 e. The largest absolute Gasteiger partial charge is 0.339 e. The Morgan fingerprint density at radius 1 is 1.40 bits per heavy atom. The molecule has 0 aromatic carbocycles. The standard InChI is InChI=1S/C10H21N5/c1-4-5-12-14(3)10(11)15-8-6-13(2)7-9-15/h5,11H,4,6-9H2,1-3H3/b11-10?,12-5+. The van der Waals surface area contributed by atoms with E-state index < -0.39 is 0 Å². The first-order valence-electron chi connectivity index (χ1n) is 5.43. The van der Waals surface area contributed by atoms with E-state index in [1.54, 1.807) is 5.01 Å². The highest BCUT2D eigenvalue weighted by Crippen LogP contribution is 2.02. The van der Waals surface area contributed by atoms with Gasteiger partial charge < -0.3 is 9.80 Å². The summed E-state index contributed by atoms with van der Waals surface area (Å²) >= 11 is 0. The molecule has 5 heteroatoms. The van der Waals surface area contributed by atoms with Gasteiger partial charge in [-0.2, -0.15) is 5.10 Å². The lowest BCUT2D eigenvalue weighted by molar-refractivity contribution is 0.200. The van der Waals surface area contributed by atoms with Crippen molar-refractivity contribution in [3.8, 4) is 0 Å². The number of piperazine rings is 1. The highest BCUT2D eigenvalue weighted by atomic mass is 15.5. The lowest BCUT2D eigenvalue weighted by Gasteiger charge is -2.35. The number of rotatable bonds is 2. The number of hydrogen-bond acceptors (Lipinski definition) is 3. The molecule has 1 aliphatic heterocycles. The molecule has 0 unspecified atom stereocenters. The normalized spacial score (nSPS) is 18.5. The van der Waals surface area contributed by atoms with Crippen molar-refractivity contribution in [2.75, 3.05) is 40.3 Å². The fraction of sp³-hybridized carbons (Fsp3) is 0.800. The lowest BCUT2D eigenvalue weighted by Crippen LogP contribution is -2.50. The molecular weight excluding hydrogens is 190 g/mol. The van der Waals surface area contributed by atoms with Crippen LogP contribution in [0, 0.1) is 5.41 Å². The molecule has 5 nitrogen and oxygen atoms in total. The summed E-state index contributed by atoms with van der Waals surface area (Å²) in [5.74, 6) is 0.493. The van der Waals surface area contributed by atoms with Crippen LogP contribution < -0.4 is 0 Å². The fourth-order valence-electron chi connectivity index (χ4n) is 1.48. The Bertz CT molecular complexity index is 230. The summed E-state index contributed by atoms with van der Waals surface area (Å²) < 4.78 is 0. The van der Waals surface area contributed by atoms with Crippen molar-refractivity contribution >= 4 is 12.2 Å². The van der Waals surface area contributed by atoms with Gasteiger partial charge in [0.2, 0.25) is 5.96 Å². The van der Waals surface area contributed by atoms with Gasteiger partial charge in [-0.3, -0.25) is 5.41 Å². The van der Waals surface area contributed by atoms with Crippen LogP contribution in [0.5, 0.6) is 0 Å². The maximum absolute atomic E-state index is 7.95. The topological polar surface area (TPSA) is 45.9 Å². The highest BCUT2D eigenvalue weighted by molar-refractivity contribution is 5.77. The summed E-state index contributed by atoms with van der Waals surface area (Å²) in [6.07, 6.45) is 2.73. The second kappa shape index (κ2) is 5.70. The number of hydrogen-bond donors (Lipinski definition) is 1. The molecule has 0 radical (unpaired) electrons. The van der Waals surface area contributed by atoms with E-state index >= 15 is 0 Å². The molecule has 1 saturated heterocycles. The van der Waals surface area contributed by atoms with Crippen molar-refractivity contribution in [1.82, 2.24) is 14.8 Å². The predicted octanol–water partition coefficient (Wildman–Crippen LogP) is 0.496. The Labute approximate surface area is 91.8 Å². The SMILES string of the molecule is CC/C=N/N(C)C(=N)N1CCN(C)CC1. The molecule has 0 saturated carbocycles. The Hall–Kier alpha value is -1.10. The first-order chi connectivity index (χ1) is 7.15. The van der Waals surface area contributed by atoms with Crippen molar-refractivity contribution in [3.63, 3.8) is 0 Å². The highest BCUT2D eigenvalue weighted by Gasteiger charge is 2.18. The van der Waals surface area contributed by atoms with Gasteiger partial charge in [0, 0.05) is 39.4 Å². The van der Waals surface area contributed by atoms with Gasteiger partial charge in [-0.15, -0.1) is 0 Å². The molecule has 1 rings (SSSR count). The molecule has 0 spiro atoms. The van der Waals surface area contributed by atoms with Crippen molar-refractivity contribution in [2.24, 2.45) is 5.10 Å². The van der Waals surface area contributed by atoms with Crippen LogP contribution >= 0.6 is 0 Å². The average molecular weight is 211 g/mol. The Morgan fingerprint density at radius 3 is 2.53 bits per heavy atom. The number of nitrogens with zero attached hydrogens (tertiary/aromatic N) is 4. The Kier molecular flexibility index (Phi) is 4.55. The molecule has 1 fully saturated rings. The van der Waals surface area contributed by atoms with Crippen molar-refractivity contribution in [1.29, 1.82) is 5.41 Å². The van der Waals surface area contributed by atoms with Crippen LogP contribution in [0.25, 0.3) is 0 Å². The minimum Gasteiger partial charge on any atom is -0.339 e. The van der Waals surface area contributed by atoms with Crippen LogP contribution in [0.1, 0.15) is 13.3 Å². The van der Waals surface area contributed by atoms with Gasteiger partial charge in [0.1, 0.15) is 0 Å². The third-order valence-electron chi connectivity index (χ3n) is 2.55. The Morgan fingerprint density at radius 2 is 2.00 bits per heavy atom. The molecule has 0 atom stereocenters. The summed E-state index contributed by atoms with van der Waals surface area (Å²) in [5, 5.41) is 13.8. The summed E-state index contributed by atoms with van der Waals surface area (Å²) in [6.45, 7) is 5.92. The summed E-state index contributed by atoms with van der Waals surface area (Å²) in [7, 11) is 3.94. The zero-order chi connectivity index (χ0) is 11.3. The molecular formula is C10H21N5. The fourth-order valence-corrected chi connectivity index (χ4v) is 1.48. The number of likely N-dealkylation sites (N-methyl/N-ethyl adjacent to an activating group) is 1. The molecule has 0 aliphatic carbocycles. The monoisotopic (exact) mass is 211 g/mol. The van der Waals surface area contributed by atoms with E-state index in [9.17, 15) is 0 Å². The van der Waals surface area contributed by atoms with Crippen LogP contribution in [-0.4, -0.2) is 67.3 Å². The molecule has 86 valence electrons. The van der Waals surface area contributed by atoms with Crippen LogP contribution in [0.3, 0.4) is 0 Å². The quantitative estimate of drug-likeness (QED) is 0.411. The first-order valence-corrected chi connectivity index (χ1v) is 5.43. The molecule has 0 aromatic rings. The second-order valence-electron chi connectivity index (χ2n) is 3.84. The molecule has 1 aliphatic rings. The first kappa shape index (κ1) is 12.0. The van der Waals surface area contributed by atoms with Gasteiger partial charge in [0.25, 0.3) is 0 Å². The zero-order valence-corrected chi connectivity index (χ0v) is 9.90. The van der Waals surface area contributed by atoms with E-state index in [4.69, 9.17) is 5.41 Å². The summed E-state index contributed by atoms with van der Waals surface area (Å²) in [4.78, 5) is 4.34. The van der Waals surface area contributed by atoms with Gasteiger partial charge >= 0.3 is 0 Å². The van der Waals surface area contributed by atoms with E-state index in [1.165, 1.54) is 0 Å². The molecule has 1 heterocycles. The van der Waals surface area contributed by atoms with E-state index in [0.717, 1.165) is 32.6 Å². The molecule has 15 heavy (non-hydrogen) atoms. The van der Waals surface area contributed by atoms with Crippen molar-refractivity contribution in [3.05, 3.63) is 0 Å². The van der Waals surface area contributed by atoms with Gasteiger partial charge in [0.15, 0.2) is 0 Å². The molecule has 1 N–H and O–H groups in total. The lowest BCUT2D eigenvalue weighted by atomic mass is 10.3. The second-order valence-corrected chi connectivity index (χ2v) is 3.84. The minimum absolute atomic E-state index is 0.493. The minimum atomic E-state index is 0.493. The maximum atomic E-state index is 7.95. The van der Waals surface area contributed by atoms with Gasteiger partial charge in [0.05, 0.1) is 0 Å². The van der Waals surface area contributed by atoms with Crippen LogP contribution in [0.4, 0.5) is 0 Å². The predicted molar refractivity (Wildman–Crippen MR) is 63.3 cm³/mol. The Balaban J connectivity index is 2.42. The van der Waals surface area contributed by atoms with Gasteiger partial charge in [-0.25, -0.2) is 5.01 Å². The van der Waals surface area contributed by atoms with E-state index in [2.05, 4.69) is 21.9 Å². The van der Waals surface area contributed by atoms with Gasteiger partial charge in [-0.05, 0) is 13.5 Å². The average Bonchev–Trinajstić information content (AvgIpc) is 2.26. The third-order valence-corrected chi connectivity index (χ3v) is 2.55. The third kappa shape index (κ3) is 3.51. The van der Waals surface area contributed by atoms with Crippen molar-refractivity contribution < 1.29 is 0 Å². The van der Waals surface area contributed by atoms with Crippen LogP contribution in [-0.2, 0) is 0 Å². The molecule has 0 bridgehead atoms.